The normalized spacial score (nSPS) is 23.1. The number of anilines is 2. The van der Waals surface area contributed by atoms with Crippen LogP contribution in [0, 0.1) is 5.92 Å². The number of hydrogen-bond donors (Lipinski definition) is 3. The lowest BCUT2D eigenvalue weighted by Crippen LogP contribution is -2.54. The first-order valence-electron chi connectivity index (χ1n) is 21.7. The van der Waals surface area contributed by atoms with Gasteiger partial charge in [0.15, 0.2) is 0 Å². The van der Waals surface area contributed by atoms with Crippen molar-refractivity contribution >= 4 is 52.2 Å². The average molecular weight is 870 g/mol. The van der Waals surface area contributed by atoms with Crippen molar-refractivity contribution in [3.05, 3.63) is 88.5 Å². The van der Waals surface area contributed by atoms with Gasteiger partial charge in [-0.15, -0.1) is 0 Å². The van der Waals surface area contributed by atoms with Gasteiger partial charge in [-0.05, 0) is 92.1 Å². The van der Waals surface area contributed by atoms with Crippen molar-refractivity contribution in [3.8, 4) is 0 Å². The number of nitrogens with one attached hydrogen (secondary N) is 2. The van der Waals surface area contributed by atoms with Crippen LogP contribution in [-0.2, 0) is 22.3 Å². The Morgan fingerprint density at radius 3 is 2.19 bits per heavy atom. The zero-order valence-corrected chi connectivity index (χ0v) is 34.8. The lowest BCUT2D eigenvalue weighted by molar-refractivity contribution is -0.138. The fraction of sp³-hybridized carbons (Fsp3) is 0.467. The van der Waals surface area contributed by atoms with Gasteiger partial charge in [-0.2, -0.15) is 13.2 Å². The summed E-state index contributed by atoms with van der Waals surface area (Å²) in [5, 5.41) is 14.8. The van der Waals surface area contributed by atoms with Crippen LogP contribution in [0.4, 0.5) is 24.8 Å². The summed E-state index contributed by atoms with van der Waals surface area (Å²) < 4.78 is 42.3. The Hall–Kier alpha value is -5.69. The number of amides is 5. The minimum Gasteiger partial charge on any atom is -0.396 e. The molecule has 5 amide bonds. The molecule has 1 aromatic heterocycles. The summed E-state index contributed by atoms with van der Waals surface area (Å²) in [4.78, 5) is 79.3. The maximum Gasteiger partial charge on any atom is 0.416 e. The molecule has 1 atom stereocenters. The number of piperazine rings is 2. The molecule has 0 spiro atoms. The average Bonchev–Trinajstić information content (AvgIpc) is 3.76. The number of aliphatic hydroxyl groups is 1. The number of alkyl halides is 3. The maximum absolute atomic E-state index is 13.4. The van der Waals surface area contributed by atoms with Crippen LogP contribution in [0.3, 0.4) is 0 Å². The highest BCUT2D eigenvalue weighted by Gasteiger charge is 2.45. The van der Waals surface area contributed by atoms with Crippen LogP contribution in [0.1, 0.15) is 86.8 Å². The van der Waals surface area contributed by atoms with Gasteiger partial charge in [0.2, 0.25) is 17.8 Å². The molecule has 3 N–H and O–H groups in total. The Labute approximate surface area is 361 Å². The Bertz CT molecular complexity index is 2430. The predicted octanol–water partition coefficient (Wildman–Crippen LogP) is 4.33. The largest absolute Gasteiger partial charge is 0.416 e. The fourth-order valence-corrected chi connectivity index (χ4v) is 9.73. The molecule has 3 saturated heterocycles. The molecule has 0 bridgehead atoms. The van der Waals surface area contributed by atoms with E-state index in [1.54, 1.807) is 12.1 Å². The number of aliphatic hydroxyl groups excluding tert-OH is 1. The summed E-state index contributed by atoms with van der Waals surface area (Å²) in [7, 11) is 0. The topological polar surface area (TPSA) is 164 Å². The van der Waals surface area contributed by atoms with Crippen LogP contribution in [0.25, 0.3) is 11.0 Å². The molecule has 1 saturated carbocycles. The molecule has 3 aromatic carbocycles. The third kappa shape index (κ3) is 8.81. The molecule has 332 valence electrons. The molecule has 4 fully saturated rings. The van der Waals surface area contributed by atoms with E-state index in [2.05, 4.69) is 36.3 Å². The number of carbonyl (C=O) groups excluding carboxylic acids is 5. The number of benzene rings is 3. The highest BCUT2D eigenvalue weighted by atomic mass is 19.4. The van der Waals surface area contributed by atoms with Gasteiger partial charge in [0, 0.05) is 89.2 Å². The first kappa shape index (κ1) is 42.6. The van der Waals surface area contributed by atoms with E-state index in [0.29, 0.717) is 18.0 Å². The predicted molar refractivity (Wildman–Crippen MR) is 226 cm³/mol. The van der Waals surface area contributed by atoms with Crippen LogP contribution in [0.2, 0.25) is 0 Å². The van der Waals surface area contributed by atoms with Crippen molar-refractivity contribution in [1.82, 2.24) is 34.5 Å². The van der Waals surface area contributed by atoms with Gasteiger partial charge < -0.3 is 14.6 Å². The molecular formula is C45H50F3N9O6. The first-order valence-corrected chi connectivity index (χ1v) is 21.7. The molecule has 63 heavy (non-hydrogen) atoms. The quantitative estimate of drug-likeness (QED) is 0.195. The maximum atomic E-state index is 13.4. The number of fused-ring (bicyclic) bond motifs is 2. The van der Waals surface area contributed by atoms with Crippen molar-refractivity contribution in [2.24, 2.45) is 5.92 Å². The summed E-state index contributed by atoms with van der Waals surface area (Å²) in [6, 6.07) is 14.7. The molecule has 1 unspecified atom stereocenters. The van der Waals surface area contributed by atoms with E-state index >= 15 is 0 Å². The second-order valence-corrected chi connectivity index (χ2v) is 17.3. The Balaban J connectivity index is 0.793. The molecule has 1 aliphatic carbocycles. The van der Waals surface area contributed by atoms with Crippen molar-refractivity contribution < 1.29 is 42.3 Å². The molecule has 15 nitrogen and oxygen atoms in total. The summed E-state index contributed by atoms with van der Waals surface area (Å²) >= 11 is 0. The number of aromatic nitrogens is 2. The Kier molecular flexibility index (Phi) is 11.8. The molecule has 5 heterocycles. The summed E-state index contributed by atoms with van der Waals surface area (Å²) in [6.07, 6.45) is -1.20. The van der Waals surface area contributed by atoms with Crippen molar-refractivity contribution in [3.63, 3.8) is 0 Å². The van der Waals surface area contributed by atoms with E-state index in [9.17, 15) is 42.3 Å². The van der Waals surface area contributed by atoms with Crippen LogP contribution < -0.4 is 15.5 Å². The number of rotatable bonds is 10. The van der Waals surface area contributed by atoms with E-state index in [-0.39, 0.29) is 48.1 Å². The molecule has 9 rings (SSSR count). The van der Waals surface area contributed by atoms with Crippen molar-refractivity contribution in [2.75, 3.05) is 75.9 Å². The lowest BCUT2D eigenvalue weighted by Gasteiger charge is -2.41. The molecule has 0 radical (unpaired) electrons. The van der Waals surface area contributed by atoms with E-state index in [1.807, 2.05) is 22.8 Å². The molecule has 18 heteroatoms. The molecular weight excluding hydrogens is 820 g/mol. The van der Waals surface area contributed by atoms with Crippen LogP contribution in [0.5, 0.6) is 0 Å². The van der Waals surface area contributed by atoms with Gasteiger partial charge in [0.05, 0.1) is 34.4 Å². The summed E-state index contributed by atoms with van der Waals surface area (Å²) in [6.45, 7) is 8.33. The number of carbonyl (C=O) groups is 5. The van der Waals surface area contributed by atoms with Crippen LogP contribution in [0.15, 0.2) is 60.7 Å². The van der Waals surface area contributed by atoms with Crippen molar-refractivity contribution in [1.29, 1.82) is 0 Å². The van der Waals surface area contributed by atoms with Crippen LogP contribution in [-0.4, -0.2) is 135 Å². The smallest absolute Gasteiger partial charge is 0.396 e. The van der Waals surface area contributed by atoms with Crippen LogP contribution >= 0.6 is 0 Å². The SMILES string of the molecule is O=C1CCC(N2C(=O)c3ccc(N4CCN(CN5CCN(Cc6ccc7c(c6)nc(NC(=O)c6cccc(C(F)(F)F)c6)n7[C@H]6CC[C@@H](CO)CC6)CC5)CC4)cc3C2=O)C(=O)N1. The van der Waals surface area contributed by atoms with Gasteiger partial charge in [-0.3, -0.25) is 54.2 Å². The van der Waals surface area contributed by atoms with Gasteiger partial charge >= 0.3 is 6.18 Å². The second-order valence-electron chi connectivity index (χ2n) is 17.3. The standard InChI is InChI=1S/C45H50F3N9O6/c46-45(47,48)31-3-1-2-30(23-31)40(60)51-44-49-36-22-29(6-11-37(36)56(44)32-7-4-28(26-58)5-8-32)25-52-14-16-53(17-15-52)27-54-18-20-55(21-19-54)33-9-10-34-35(24-33)43(63)57(42(34)62)38-12-13-39(59)50-41(38)61/h1-3,6,9-11,22-24,28,32,38,58H,4-5,7-8,12-21,25-27H2,(H,49,51,60)(H,50,59,61)/t28-,32+,38?. The van der Waals surface area contributed by atoms with Gasteiger partial charge in [0.1, 0.15) is 6.04 Å². The number of nitrogens with zero attached hydrogens (tertiary/aromatic N) is 7. The lowest BCUT2D eigenvalue weighted by atomic mass is 9.86. The third-order valence-corrected chi connectivity index (χ3v) is 13.3. The van der Waals surface area contributed by atoms with E-state index in [1.165, 1.54) is 12.1 Å². The first-order chi connectivity index (χ1) is 30.3. The number of hydrogen-bond acceptors (Lipinski definition) is 11. The highest BCUT2D eigenvalue weighted by Crippen LogP contribution is 2.38. The number of imidazole rings is 1. The molecule has 4 aliphatic heterocycles. The van der Waals surface area contributed by atoms with E-state index in [4.69, 9.17) is 4.98 Å². The van der Waals surface area contributed by atoms with Crippen molar-refractivity contribution in [2.45, 2.75) is 63.3 Å². The van der Waals surface area contributed by atoms with Gasteiger partial charge in [0.25, 0.3) is 17.7 Å². The fourth-order valence-electron chi connectivity index (χ4n) is 9.73. The Morgan fingerprint density at radius 1 is 0.794 bits per heavy atom. The van der Waals surface area contributed by atoms with Gasteiger partial charge in [-0.25, -0.2) is 4.98 Å². The summed E-state index contributed by atoms with van der Waals surface area (Å²) in [5.41, 5.74) is 3.00. The number of halogens is 3. The minimum absolute atomic E-state index is 0.00750. The number of piperidine rings is 1. The zero-order valence-electron chi connectivity index (χ0n) is 34.8. The van der Waals surface area contributed by atoms with Gasteiger partial charge in [-0.1, -0.05) is 12.1 Å². The minimum atomic E-state index is -4.58. The monoisotopic (exact) mass is 869 g/mol. The van der Waals surface area contributed by atoms with E-state index < -0.39 is 47.3 Å². The second kappa shape index (κ2) is 17.5. The highest BCUT2D eigenvalue weighted by molar-refractivity contribution is 6.23. The molecule has 4 aromatic rings. The number of imide groups is 2. The summed E-state index contributed by atoms with van der Waals surface area (Å²) in [5.74, 6) is -2.22. The molecule has 5 aliphatic rings. The zero-order chi connectivity index (χ0) is 44.0. The van der Waals surface area contributed by atoms with E-state index in [0.717, 1.165) is 119 Å². The third-order valence-electron chi connectivity index (χ3n) is 13.3. The Morgan fingerprint density at radius 2 is 1.49 bits per heavy atom.